The minimum Gasteiger partial charge on any atom is -0.406 e. The van der Waals surface area contributed by atoms with Crippen LogP contribution >= 0.6 is 0 Å². The Balaban J connectivity index is 3.09. The second-order valence-corrected chi connectivity index (χ2v) is 3.29. The lowest BCUT2D eigenvalue weighted by atomic mass is 10.2. The molecule has 0 heterocycles. The number of hydrogen-bond acceptors (Lipinski definition) is 5. The normalized spacial score (nSPS) is 9.60. The number of hydrogen-bond donors (Lipinski definition) is 1. The molecule has 5 nitrogen and oxygen atoms in total. The first kappa shape index (κ1) is 14.9. The maximum atomic E-state index is 12.1. The lowest BCUT2D eigenvalue weighted by Crippen LogP contribution is -2.17. The molecule has 0 aliphatic heterocycles. The van der Waals surface area contributed by atoms with E-state index in [2.05, 4.69) is 10.1 Å². The lowest BCUT2D eigenvalue weighted by molar-refractivity contribution is -0.274. The maximum Gasteiger partial charge on any atom is 0.573 e. The monoisotopic (exact) mass is 278 g/mol. The van der Waals surface area contributed by atoms with Crippen LogP contribution in [-0.4, -0.2) is 6.36 Å². The summed E-state index contributed by atoms with van der Waals surface area (Å²) in [5.41, 5.74) is -0.278. The zero-order valence-electron chi connectivity index (χ0n) is 9.69. The standard InChI is InChI=1S/C12H5F3N4O/c13-12(14,15)20-10-2-1-9(6-18)11(3-10)19-7-8(4-16)5-17/h1-3,7,19H. The number of ether oxygens (including phenoxy) is 1. The number of allylic oxidation sites excluding steroid dienone is 1. The lowest BCUT2D eigenvalue weighted by Gasteiger charge is -2.11. The van der Waals surface area contributed by atoms with Crippen LogP contribution in [0.3, 0.4) is 0 Å². The van der Waals surface area contributed by atoms with E-state index in [0.29, 0.717) is 0 Å². The first-order valence-electron chi connectivity index (χ1n) is 4.96. The number of halogens is 3. The average molecular weight is 278 g/mol. The van der Waals surface area contributed by atoms with Gasteiger partial charge in [0.1, 0.15) is 29.5 Å². The van der Waals surface area contributed by atoms with Crippen LogP contribution < -0.4 is 10.1 Å². The summed E-state index contributed by atoms with van der Waals surface area (Å²) < 4.78 is 39.9. The Labute approximate surface area is 111 Å². The molecule has 0 unspecified atom stereocenters. The van der Waals surface area contributed by atoms with Crippen LogP contribution in [0.2, 0.25) is 0 Å². The van der Waals surface area contributed by atoms with Crippen molar-refractivity contribution in [3.63, 3.8) is 0 Å². The molecule has 1 N–H and O–H groups in total. The minimum absolute atomic E-state index is 0.0164. The van der Waals surface area contributed by atoms with Crippen molar-refractivity contribution in [2.24, 2.45) is 0 Å². The average Bonchev–Trinajstić information content (AvgIpc) is 2.38. The van der Waals surface area contributed by atoms with Crippen molar-refractivity contribution >= 4 is 5.69 Å². The molecule has 0 radical (unpaired) electrons. The summed E-state index contributed by atoms with van der Waals surface area (Å²) in [5, 5.41) is 28.3. The molecular formula is C12H5F3N4O. The van der Waals surface area contributed by atoms with Crippen LogP contribution in [0.4, 0.5) is 18.9 Å². The molecular weight excluding hydrogens is 273 g/mol. The molecule has 0 bridgehead atoms. The predicted molar refractivity (Wildman–Crippen MR) is 60.8 cm³/mol. The van der Waals surface area contributed by atoms with Gasteiger partial charge in [-0.15, -0.1) is 13.2 Å². The zero-order chi connectivity index (χ0) is 15.2. The Morgan fingerprint density at radius 1 is 1.20 bits per heavy atom. The number of alkyl halides is 3. The number of benzene rings is 1. The molecule has 0 atom stereocenters. The first-order valence-corrected chi connectivity index (χ1v) is 4.96. The fourth-order valence-corrected chi connectivity index (χ4v) is 1.18. The quantitative estimate of drug-likeness (QED) is 0.858. The van der Waals surface area contributed by atoms with Gasteiger partial charge in [0.25, 0.3) is 0 Å². The van der Waals surface area contributed by atoms with Crippen LogP contribution in [0.1, 0.15) is 5.56 Å². The first-order chi connectivity index (χ1) is 9.39. The topological polar surface area (TPSA) is 92.6 Å². The van der Waals surface area contributed by atoms with Gasteiger partial charge in [-0.1, -0.05) is 0 Å². The van der Waals surface area contributed by atoms with Crippen LogP contribution in [0.15, 0.2) is 30.0 Å². The van der Waals surface area contributed by atoms with E-state index in [1.807, 2.05) is 0 Å². The number of rotatable bonds is 3. The molecule has 0 aliphatic rings. The number of nitriles is 3. The molecule has 0 saturated carbocycles. The van der Waals surface area contributed by atoms with E-state index in [1.54, 1.807) is 18.2 Å². The second-order valence-electron chi connectivity index (χ2n) is 3.29. The molecule has 100 valence electrons. The zero-order valence-corrected chi connectivity index (χ0v) is 9.69. The highest BCUT2D eigenvalue weighted by atomic mass is 19.4. The molecule has 1 rings (SSSR count). The number of nitrogens with zero attached hydrogens (tertiary/aromatic N) is 3. The van der Waals surface area contributed by atoms with Gasteiger partial charge in [0.15, 0.2) is 0 Å². The van der Waals surface area contributed by atoms with Crippen molar-refractivity contribution in [3.8, 4) is 24.0 Å². The number of anilines is 1. The molecule has 0 amide bonds. The van der Waals surface area contributed by atoms with Gasteiger partial charge in [-0.05, 0) is 12.1 Å². The Morgan fingerprint density at radius 2 is 1.85 bits per heavy atom. The van der Waals surface area contributed by atoms with Gasteiger partial charge in [0, 0.05) is 12.3 Å². The molecule has 0 spiro atoms. The molecule has 20 heavy (non-hydrogen) atoms. The van der Waals surface area contributed by atoms with Gasteiger partial charge in [0.2, 0.25) is 0 Å². The summed E-state index contributed by atoms with van der Waals surface area (Å²) in [6.45, 7) is 0. The summed E-state index contributed by atoms with van der Waals surface area (Å²) >= 11 is 0. The molecule has 0 aromatic heterocycles. The Kier molecular flexibility index (Phi) is 4.56. The van der Waals surface area contributed by atoms with Crippen molar-refractivity contribution in [2.75, 3.05) is 5.32 Å². The fourth-order valence-electron chi connectivity index (χ4n) is 1.18. The second kappa shape index (κ2) is 6.12. The summed E-state index contributed by atoms with van der Waals surface area (Å²) in [5.74, 6) is -0.525. The predicted octanol–water partition coefficient (Wildman–Crippen LogP) is 2.80. The van der Waals surface area contributed by atoms with Gasteiger partial charge in [-0.2, -0.15) is 15.8 Å². The van der Waals surface area contributed by atoms with Gasteiger partial charge in [-0.3, -0.25) is 0 Å². The van der Waals surface area contributed by atoms with Gasteiger partial charge < -0.3 is 10.1 Å². The highest BCUT2D eigenvalue weighted by molar-refractivity contribution is 5.62. The largest absolute Gasteiger partial charge is 0.573 e. The van der Waals surface area contributed by atoms with E-state index in [4.69, 9.17) is 15.8 Å². The highest BCUT2D eigenvalue weighted by Gasteiger charge is 2.31. The summed E-state index contributed by atoms with van der Waals surface area (Å²) in [6, 6.07) is 7.90. The van der Waals surface area contributed by atoms with E-state index < -0.39 is 12.1 Å². The molecule has 0 saturated heterocycles. The smallest absolute Gasteiger partial charge is 0.406 e. The van der Waals surface area contributed by atoms with Crippen molar-refractivity contribution in [1.29, 1.82) is 15.8 Å². The van der Waals surface area contributed by atoms with Crippen molar-refractivity contribution in [2.45, 2.75) is 6.36 Å². The van der Waals surface area contributed by atoms with Crippen LogP contribution in [-0.2, 0) is 0 Å². The summed E-state index contributed by atoms with van der Waals surface area (Å²) in [4.78, 5) is 0. The van der Waals surface area contributed by atoms with Crippen LogP contribution in [0, 0.1) is 34.0 Å². The van der Waals surface area contributed by atoms with E-state index in [-0.39, 0.29) is 16.8 Å². The van der Waals surface area contributed by atoms with E-state index >= 15 is 0 Å². The van der Waals surface area contributed by atoms with E-state index in [0.717, 1.165) is 24.4 Å². The van der Waals surface area contributed by atoms with Crippen molar-refractivity contribution < 1.29 is 17.9 Å². The molecule has 0 aliphatic carbocycles. The Hall–Kier alpha value is -3.18. The van der Waals surface area contributed by atoms with Crippen LogP contribution in [0.25, 0.3) is 0 Å². The number of nitrogens with one attached hydrogen (secondary N) is 1. The van der Waals surface area contributed by atoms with Crippen LogP contribution in [0.5, 0.6) is 5.75 Å². The summed E-state index contributed by atoms with van der Waals surface area (Å²) in [7, 11) is 0. The third kappa shape index (κ3) is 4.25. The molecule has 1 aromatic rings. The van der Waals surface area contributed by atoms with E-state index in [1.165, 1.54) is 0 Å². The Morgan fingerprint density at radius 3 is 2.35 bits per heavy atom. The SMILES string of the molecule is N#CC(C#N)=CNc1cc(OC(F)(F)F)ccc1C#N. The molecule has 0 fully saturated rings. The van der Waals surface area contributed by atoms with Gasteiger partial charge in [0.05, 0.1) is 11.3 Å². The van der Waals surface area contributed by atoms with E-state index in [9.17, 15) is 13.2 Å². The van der Waals surface area contributed by atoms with Gasteiger partial charge in [-0.25, -0.2) is 0 Å². The van der Waals surface area contributed by atoms with Gasteiger partial charge >= 0.3 is 6.36 Å². The highest BCUT2D eigenvalue weighted by Crippen LogP contribution is 2.27. The minimum atomic E-state index is -4.86. The Bertz CT molecular complexity index is 643. The molecule has 8 heteroatoms. The van der Waals surface area contributed by atoms with Crippen molar-refractivity contribution in [1.82, 2.24) is 0 Å². The van der Waals surface area contributed by atoms with Crippen molar-refractivity contribution in [3.05, 3.63) is 35.5 Å². The third-order valence-corrected chi connectivity index (χ3v) is 1.96. The third-order valence-electron chi connectivity index (χ3n) is 1.96. The summed E-state index contributed by atoms with van der Waals surface area (Å²) in [6.07, 6.45) is -3.88. The fraction of sp³-hybridized carbons (Fsp3) is 0.0833. The maximum absolute atomic E-state index is 12.1. The molecule has 1 aromatic carbocycles.